The van der Waals surface area contributed by atoms with E-state index in [-0.39, 0.29) is 5.56 Å². The van der Waals surface area contributed by atoms with Crippen LogP contribution in [0.4, 0.5) is 0 Å². The van der Waals surface area contributed by atoms with Gasteiger partial charge in [-0.25, -0.2) is 4.98 Å². The number of aryl methyl sites for hydroxylation is 2. The van der Waals surface area contributed by atoms with Crippen LogP contribution in [0.15, 0.2) is 65.7 Å². The first-order chi connectivity index (χ1) is 17.0. The average Bonchev–Trinajstić information content (AvgIpc) is 3.45. The molecule has 3 heterocycles. The molecule has 0 aliphatic carbocycles. The van der Waals surface area contributed by atoms with E-state index in [1.807, 2.05) is 38.2 Å². The molecule has 0 unspecified atom stereocenters. The molecule has 0 bridgehead atoms. The SMILES string of the molecule is COc1cc(-n2cnc3cc(-c4ccc(CI)cc4)sc3c2=O)ccc1OCc1cc(C)nn1C. The molecule has 0 N–H and O–H groups in total. The zero-order valence-corrected chi connectivity index (χ0v) is 22.5. The monoisotopic (exact) mass is 598 g/mol. The summed E-state index contributed by atoms with van der Waals surface area (Å²) in [5, 5.41) is 4.34. The first-order valence-corrected chi connectivity index (χ1v) is 13.3. The van der Waals surface area contributed by atoms with Crippen molar-refractivity contribution in [3.8, 4) is 27.6 Å². The minimum Gasteiger partial charge on any atom is -0.493 e. The third kappa shape index (κ3) is 4.70. The number of fused-ring (bicyclic) bond motifs is 1. The fourth-order valence-electron chi connectivity index (χ4n) is 3.87. The maximum atomic E-state index is 13.4. The van der Waals surface area contributed by atoms with E-state index in [4.69, 9.17) is 9.47 Å². The predicted molar refractivity (Wildman–Crippen MR) is 147 cm³/mol. The van der Waals surface area contributed by atoms with Crippen LogP contribution in [0.3, 0.4) is 0 Å². The molecule has 0 aliphatic rings. The number of hydrogen-bond donors (Lipinski definition) is 0. The normalized spacial score (nSPS) is 11.2. The van der Waals surface area contributed by atoms with Crippen LogP contribution in [0.1, 0.15) is 17.0 Å². The fraction of sp³-hybridized carbons (Fsp3) is 0.192. The summed E-state index contributed by atoms with van der Waals surface area (Å²) in [7, 11) is 3.47. The molecule has 3 aromatic heterocycles. The van der Waals surface area contributed by atoms with Crippen molar-refractivity contribution < 1.29 is 9.47 Å². The molecule has 5 aromatic rings. The number of ether oxygens (including phenoxy) is 2. The fourth-order valence-corrected chi connectivity index (χ4v) is 5.43. The van der Waals surface area contributed by atoms with Crippen LogP contribution >= 0.6 is 33.9 Å². The molecular weight excluding hydrogens is 575 g/mol. The van der Waals surface area contributed by atoms with Crippen molar-refractivity contribution in [1.29, 1.82) is 0 Å². The Kier molecular flexibility index (Phi) is 6.61. The van der Waals surface area contributed by atoms with Gasteiger partial charge in [-0.05, 0) is 42.3 Å². The highest BCUT2D eigenvalue weighted by molar-refractivity contribution is 14.1. The Labute approximate surface area is 220 Å². The van der Waals surface area contributed by atoms with Crippen LogP contribution < -0.4 is 15.0 Å². The second kappa shape index (κ2) is 9.82. The van der Waals surface area contributed by atoms with Crippen molar-refractivity contribution in [2.24, 2.45) is 7.05 Å². The van der Waals surface area contributed by atoms with Gasteiger partial charge < -0.3 is 9.47 Å². The van der Waals surface area contributed by atoms with Gasteiger partial charge in [-0.15, -0.1) is 11.3 Å². The Morgan fingerprint density at radius 3 is 2.54 bits per heavy atom. The molecule has 0 saturated heterocycles. The van der Waals surface area contributed by atoms with Crippen molar-refractivity contribution in [2.45, 2.75) is 18.0 Å². The summed E-state index contributed by atoms with van der Waals surface area (Å²) in [5.41, 5.74) is 5.49. The van der Waals surface area contributed by atoms with Crippen LogP contribution in [0, 0.1) is 6.92 Å². The lowest BCUT2D eigenvalue weighted by atomic mass is 10.1. The number of hydrogen-bond acceptors (Lipinski definition) is 6. The molecule has 5 rings (SSSR count). The Bertz CT molecular complexity index is 1570. The van der Waals surface area contributed by atoms with Crippen molar-refractivity contribution in [3.05, 3.63) is 88.2 Å². The number of methoxy groups -OCH3 is 1. The molecule has 7 nitrogen and oxygen atoms in total. The summed E-state index contributed by atoms with van der Waals surface area (Å²) in [5.74, 6) is 1.13. The van der Waals surface area contributed by atoms with E-state index >= 15 is 0 Å². The number of benzene rings is 2. The van der Waals surface area contributed by atoms with Gasteiger partial charge in [-0.2, -0.15) is 5.10 Å². The third-order valence-electron chi connectivity index (χ3n) is 5.73. The highest BCUT2D eigenvalue weighted by atomic mass is 127. The average molecular weight is 598 g/mol. The summed E-state index contributed by atoms with van der Waals surface area (Å²) in [6, 6.07) is 17.8. The topological polar surface area (TPSA) is 71.2 Å². The Morgan fingerprint density at radius 2 is 1.86 bits per heavy atom. The molecule has 0 amide bonds. The Morgan fingerprint density at radius 1 is 1.06 bits per heavy atom. The van der Waals surface area contributed by atoms with Gasteiger partial charge in [0.2, 0.25) is 0 Å². The van der Waals surface area contributed by atoms with E-state index in [1.165, 1.54) is 16.9 Å². The van der Waals surface area contributed by atoms with Gasteiger partial charge in [-0.1, -0.05) is 46.9 Å². The summed E-state index contributed by atoms with van der Waals surface area (Å²) < 4.78 is 16.5. The Balaban J connectivity index is 1.45. The lowest BCUT2D eigenvalue weighted by Crippen LogP contribution is -2.17. The second-order valence-corrected chi connectivity index (χ2v) is 9.91. The quantitative estimate of drug-likeness (QED) is 0.178. The zero-order chi connectivity index (χ0) is 24.5. The van der Waals surface area contributed by atoms with E-state index in [9.17, 15) is 4.79 Å². The molecule has 0 aliphatic heterocycles. The minimum absolute atomic E-state index is 0.115. The smallest absolute Gasteiger partial charge is 0.275 e. The van der Waals surface area contributed by atoms with Gasteiger partial charge >= 0.3 is 0 Å². The molecule has 0 atom stereocenters. The third-order valence-corrected chi connectivity index (χ3v) is 7.77. The van der Waals surface area contributed by atoms with Gasteiger partial charge in [0.15, 0.2) is 11.5 Å². The van der Waals surface area contributed by atoms with Crippen LogP contribution in [-0.2, 0) is 18.1 Å². The van der Waals surface area contributed by atoms with Gasteiger partial charge in [0, 0.05) is 22.4 Å². The summed E-state index contributed by atoms with van der Waals surface area (Å²) in [4.78, 5) is 18.9. The van der Waals surface area contributed by atoms with Gasteiger partial charge in [0.25, 0.3) is 5.56 Å². The highest BCUT2D eigenvalue weighted by Crippen LogP contribution is 2.33. The van der Waals surface area contributed by atoms with Gasteiger partial charge in [-0.3, -0.25) is 14.0 Å². The number of rotatable bonds is 7. The van der Waals surface area contributed by atoms with Crippen LogP contribution in [-0.4, -0.2) is 26.4 Å². The molecule has 0 fully saturated rings. The number of thiophene rings is 1. The first-order valence-electron chi connectivity index (χ1n) is 10.9. The van der Waals surface area contributed by atoms with E-state index in [0.717, 1.165) is 26.3 Å². The molecule has 0 radical (unpaired) electrons. The molecule has 0 saturated carbocycles. The van der Waals surface area contributed by atoms with Crippen LogP contribution in [0.2, 0.25) is 0 Å². The van der Waals surface area contributed by atoms with Crippen molar-refractivity contribution in [1.82, 2.24) is 19.3 Å². The van der Waals surface area contributed by atoms with Crippen molar-refractivity contribution in [3.63, 3.8) is 0 Å². The lowest BCUT2D eigenvalue weighted by molar-refractivity contribution is 0.275. The van der Waals surface area contributed by atoms with E-state index in [0.29, 0.717) is 34.0 Å². The number of alkyl halides is 1. The molecule has 35 heavy (non-hydrogen) atoms. The maximum Gasteiger partial charge on any atom is 0.275 e. The largest absolute Gasteiger partial charge is 0.493 e. The molecule has 9 heteroatoms. The van der Waals surface area contributed by atoms with E-state index in [1.54, 1.807) is 28.8 Å². The Hall–Kier alpha value is -3.18. The van der Waals surface area contributed by atoms with Crippen LogP contribution in [0.5, 0.6) is 11.5 Å². The highest BCUT2D eigenvalue weighted by Gasteiger charge is 2.14. The standard InChI is InChI=1S/C26H23IN4O3S/c1-16-10-20(30(2)29-16)14-34-22-9-8-19(11-23(22)33-3)31-15-28-21-12-24(35-25(21)26(31)32)18-6-4-17(13-27)5-7-18/h4-12,15H,13-14H2,1-3H3. The van der Waals surface area contributed by atoms with Gasteiger partial charge in [0.1, 0.15) is 17.6 Å². The lowest BCUT2D eigenvalue weighted by Gasteiger charge is -2.13. The molecule has 0 spiro atoms. The van der Waals surface area contributed by atoms with Gasteiger partial charge in [0.05, 0.1) is 29.7 Å². The van der Waals surface area contributed by atoms with E-state index < -0.39 is 0 Å². The predicted octanol–water partition coefficient (Wildman–Crippen LogP) is 5.68. The number of aromatic nitrogens is 4. The molecule has 178 valence electrons. The minimum atomic E-state index is -0.115. The second-order valence-electron chi connectivity index (χ2n) is 8.10. The summed E-state index contributed by atoms with van der Waals surface area (Å²) in [6.07, 6.45) is 1.56. The summed E-state index contributed by atoms with van der Waals surface area (Å²) in [6.45, 7) is 2.30. The van der Waals surface area contributed by atoms with Crippen molar-refractivity contribution in [2.75, 3.05) is 7.11 Å². The summed E-state index contributed by atoms with van der Waals surface area (Å²) >= 11 is 3.81. The number of nitrogens with zero attached hydrogens (tertiary/aromatic N) is 4. The number of halogens is 1. The molecule has 2 aromatic carbocycles. The van der Waals surface area contributed by atoms with Crippen LogP contribution in [0.25, 0.3) is 26.3 Å². The first kappa shape index (κ1) is 23.6. The van der Waals surface area contributed by atoms with E-state index in [2.05, 4.69) is 56.9 Å². The zero-order valence-electron chi connectivity index (χ0n) is 19.5. The van der Waals surface area contributed by atoms with Crippen molar-refractivity contribution >= 4 is 44.1 Å². The maximum absolute atomic E-state index is 13.4. The molecular formula is C26H23IN4O3S.